The highest BCUT2D eigenvalue weighted by Crippen LogP contribution is 2.25. The van der Waals surface area contributed by atoms with Gasteiger partial charge in [0.1, 0.15) is 5.70 Å². The van der Waals surface area contributed by atoms with Gasteiger partial charge in [0.05, 0.1) is 6.04 Å². The van der Waals surface area contributed by atoms with Crippen LogP contribution in [-0.2, 0) is 9.59 Å². The molecule has 4 nitrogen and oxygen atoms in total. The number of allylic oxidation sites excluding steroid dienone is 1. The van der Waals surface area contributed by atoms with E-state index in [4.69, 9.17) is 0 Å². The highest BCUT2D eigenvalue weighted by molar-refractivity contribution is 6.00. The van der Waals surface area contributed by atoms with Crippen LogP contribution < -0.4 is 5.32 Å². The molecule has 0 radical (unpaired) electrons. The molecular weight excluding hydrogens is 240 g/mol. The zero-order valence-corrected chi connectivity index (χ0v) is 11.1. The van der Waals surface area contributed by atoms with Gasteiger partial charge in [0.25, 0.3) is 0 Å². The summed E-state index contributed by atoms with van der Waals surface area (Å²) in [6.07, 6.45) is 11.8. The molecule has 102 valence electrons. The topological polar surface area (TPSA) is 49.4 Å². The van der Waals surface area contributed by atoms with E-state index in [-0.39, 0.29) is 23.7 Å². The zero-order valence-electron chi connectivity index (χ0n) is 11.1. The fraction of sp³-hybridized carbons (Fsp3) is 0.600. The third kappa shape index (κ3) is 2.57. The maximum atomic E-state index is 12.2. The molecule has 0 saturated heterocycles. The van der Waals surface area contributed by atoms with E-state index in [0.29, 0.717) is 12.1 Å². The number of nitrogens with one attached hydrogen (secondary N) is 1. The third-order valence-electron chi connectivity index (χ3n) is 4.32. The summed E-state index contributed by atoms with van der Waals surface area (Å²) in [5.41, 5.74) is 0.482. The van der Waals surface area contributed by atoms with E-state index >= 15 is 0 Å². The quantitative estimate of drug-likeness (QED) is 0.769. The summed E-state index contributed by atoms with van der Waals surface area (Å²) in [7, 11) is 0. The van der Waals surface area contributed by atoms with Crippen LogP contribution in [0.5, 0.6) is 0 Å². The molecule has 3 aliphatic rings. The van der Waals surface area contributed by atoms with E-state index in [1.807, 2.05) is 6.20 Å². The minimum absolute atomic E-state index is 0.0323. The summed E-state index contributed by atoms with van der Waals surface area (Å²) < 4.78 is 0. The Labute approximate surface area is 113 Å². The van der Waals surface area contributed by atoms with Crippen molar-refractivity contribution in [1.82, 2.24) is 10.2 Å². The van der Waals surface area contributed by atoms with Gasteiger partial charge < -0.3 is 10.2 Å². The molecule has 19 heavy (non-hydrogen) atoms. The van der Waals surface area contributed by atoms with Gasteiger partial charge >= 0.3 is 0 Å². The number of hydrogen-bond donors (Lipinski definition) is 1. The van der Waals surface area contributed by atoms with Crippen molar-refractivity contribution in [2.45, 2.75) is 44.6 Å². The fourth-order valence-corrected chi connectivity index (χ4v) is 3.16. The minimum atomic E-state index is 0.0323. The Morgan fingerprint density at radius 3 is 2.84 bits per heavy atom. The molecule has 3 rings (SSSR count). The Morgan fingerprint density at radius 2 is 2.05 bits per heavy atom. The van der Waals surface area contributed by atoms with Gasteiger partial charge in [-0.05, 0) is 12.8 Å². The summed E-state index contributed by atoms with van der Waals surface area (Å²) in [5.74, 6) is 0.179. The molecule has 0 bridgehead atoms. The first kappa shape index (κ1) is 12.5. The van der Waals surface area contributed by atoms with Gasteiger partial charge in [-0.1, -0.05) is 31.4 Å². The normalized spacial score (nSPS) is 27.2. The van der Waals surface area contributed by atoms with E-state index in [1.165, 1.54) is 6.42 Å². The highest BCUT2D eigenvalue weighted by atomic mass is 16.2. The fourth-order valence-electron chi connectivity index (χ4n) is 3.16. The molecule has 1 atom stereocenters. The van der Waals surface area contributed by atoms with E-state index < -0.39 is 0 Å². The maximum absolute atomic E-state index is 12.2. The van der Waals surface area contributed by atoms with Crippen molar-refractivity contribution in [3.8, 4) is 0 Å². The number of fused-ring (bicyclic) bond motifs is 1. The molecule has 1 unspecified atom stereocenters. The van der Waals surface area contributed by atoms with Crippen molar-refractivity contribution in [1.29, 1.82) is 0 Å². The lowest BCUT2D eigenvalue weighted by Crippen LogP contribution is -2.40. The number of amides is 1. The van der Waals surface area contributed by atoms with Crippen molar-refractivity contribution >= 4 is 11.7 Å². The van der Waals surface area contributed by atoms with Crippen molar-refractivity contribution < 1.29 is 9.59 Å². The summed E-state index contributed by atoms with van der Waals surface area (Å²) in [5, 5.41) is 2.85. The largest absolute Gasteiger partial charge is 0.365 e. The third-order valence-corrected chi connectivity index (χ3v) is 4.32. The van der Waals surface area contributed by atoms with Gasteiger partial charge in [0.15, 0.2) is 5.78 Å². The number of carbonyl (C=O) groups excluding carboxylic acids is 2. The molecule has 0 spiro atoms. The van der Waals surface area contributed by atoms with Crippen molar-refractivity contribution in [2.24, 2.45) is 5.92 Å². The van der Waals surface area contributed by atoms with Gasteiger partial charge in [-0.2, -0.15) is 0 Å². The molecular formula is C15H20N2O2. The molecule has 4 heteroatoms. The number of hydrogen-bond acceptors (Lipinski definition) is 3. The highest BCUT2D eigenvalue weighted by Gasteiger charge is 2.30. The van der Waals surface area contributed by atoms with Gasteiger partial charge in [-0.15, -0.1) is 0 Å². The number of Topliss-reactive ketones (excluding diaryl/α,β-unsaturated/α-hetero) is 1. The van der Waals surface area contributed by atoms with Crippen LogP contribution in [0.15, 0.2) is 24.0 Å². The van der Waals surface area contributed by atoms with Gasteiger partial charge in [-0.3, -0.25) is 9.59 Å². The Morgan fingerprint density at radius 1 is 1.26 bits per heavy atom. The minimum Gasteiger partial charge on any atom is -0.365 e. The summed E-state index contributed by atoms with van der Waals surface area (Å²) in [4.78, 5) is 26.3. The summed E-state index contributed by atoms with van der Waals surface area (Å²) in [6.45, 7) is 0.834. The second-order valence-electron chi connectivity index (χ2n) is 5.69. The molecule has 0 aromatic heterocycles. The van der Waals surface area contributed by atoms with Crippen LogP contribution >= 0.6 is 0 Å². The van der Waals surface area contributed by atoms with Crippen LogP contribution in [0.2, 0.25) is 0 Å². The van der Waals surface area contributed by atoms with E-state index in [9.17, 15) is 9.59 Å². The number of nitrogens with zero attached hydrogens (tertiary/aromatic N) is 1. The van der Waals surface area contributed by atoms with Gasteiger partial charge in [0, 0.05) is 25.1 Å². The van der Waals surface area contributed by atoms with Crippen LogP contribution in [0.3, 0.4) is 0 Å². The molecule has 0 aromatic rings. The Balaban J connectivity index is 1.65. The van der Waals surface area contributed by atoms with Gasteiger partial charge in [-0.25, -0.2) is 0 Å². The molecule has 2 heterocycles. The predicted molar refractivity (Wildman–Crippen MR) is 72.1 cm³/mol. The smallest absolute Gasteiger partial charge is 0.227 e. The second-order valence-corrected chi connectivity index (χ2v) is 5.69. The zero-order chi connectivity index (χ0) is 13.2. The molecule has 2 aliphatic heterocycles. The van der Waals surface area contributed by atoms with Crippen LogP contribution in [0.25, 0.3) is 0 Å². The molecule has 1 saturated carbocycles. The Bertz CT molecular complexity index is 447. The average molecular weight is 260 g/mol. The van der Waals surface area contributed by atoms with E-state index in [1.54, 1.807) is 0 Å². The molecule has 1 aliphatic carbocycles. The van der Waals surface area contributed by atoms with Crippen LogP contribution in [0, 0.1) is 5.92 Å². The standard InChI is InChI=1S/C15H20N2O2/c18-14-9-12-7-4-8-17(12)10-13(14)16-15(19)11-5-2-1-3-6-11/h4,7,10-12H,1-3,5-6,8-9H2,(H,16,19). The maximum Gasteiger partial charge on any atom is 0.227 e. The first-order chi connectivity index (χ1) is 9.24. The lowest BCUT2D eigenvalue weighted by molar-refractivity contribution is -0.127. The first-order valence-corrected chi connectivity index (χ1v) is 7.22. The lowest BCUT2D eigenvalue weighted by Gasteiger charge is -2.29. The molecule has 1 fully saturated rings. The Kier molecular flexibility index (Phi) is 3.40. The molecule has 1 N–H and O–H groups in total. The molecule has 0 aromatic carbocycles. The Hall–Kier alpha value is -1.58. The predicted octanol–water partition coefficient (Wildman–Crippen LogP) is 1.74. The number of rotatable bonds is 2. The number of ketones is 1. The van der Waals surface area contributed by atoms with Crippen molar-refractivity contribution in [3.63, 3.8) is 0 Å². The first-order valence-electron chi connectivity index (χ1n) is 7.22. The van der Waals surface area contributed by atoms with Gasteiger partial charge in [0.2, 0.25) is 5.91 Å². The monoisotopic (exact) mass is 260 g/mol. The van der Waals surface area contributed by atoms with Crippen LogP contribution in [-0.4, -0.2) is 29.2 Å². The number of carbonyl (C=O) groups is 2. The summed E-state index contributed by atoms with van der Waals surface area (Å²) in [6, 6.07) is 0.197. The SMILES string of the molecule is O=C1CC2C=CCN2C=C1NC(=O)C1CCCCC1. The van der Waals surface area contributed by atoms with Crippen molar-refractivity contribution in [2.75, 3.05) is 6.54 Å². The summed E-state index contributed by atoms with van der Waals surface area (Å²) >= 11 is 0. The average Bonchev–Trinajstić information content (AvgIpc) is 2.87. The second kappa shape index (κ2) is 5.19. The van der Waals surface area contributed by atoms with E-state index in [0.717, 1.165) is 32.2 Å². The van der Waals surface area contributed by atoms with E-state index in [2.05, 4.69) is 22.4 Å². The van der Waals surface area contributed by atoms with Crippen molar-refractivity contribution in [3.05, 3.63) is 24.0 Å². The van der Waals surface area contributed by atoms with Crippen LogP contribution in [0.4, 0.5) is 0 Å². The molecule has 1 amide bonds. The lowest BCUT2D eigenvalue weighted by atomic mass is 9.88. The van der Waals surface area contributed by atoms with Crippen LogP contribution in [0.1, 0.15) is 38.5 Å².